The molecule has 1 fully saturated rings. The van der Waals surface area contributed by atoms with Gasteiger partial charge in [-0.2, -0.15) is 0 Å². The molecule has 1 saturated carbocycles. The number of halogens is 1. The van der Waals surface area contributed by atoms with Gasteiger partial charge >= 0.3 is 0 Å². The van der Waals surface area contributed by atoms with Crippen LogP contribution < -0.4 is 5.32 Å². The summed E-state index contributed by atoms with van der Waals surface area (Å²) in [6.07, 6.45) is 6.16. The van der Waals surface area contributed by atoms with Crippen molar-refractivity contribution in [3.05, 3.63) is 29.6 Å². The van der Waals surface area contributed by atoms with E-state index in [1.165, 1.54) is 25.7 Å². The quantitative estimate of drug-likeness (QED) is 0.794. The van der Waals surface area contributed by atoms with Crippen LogP contribution in [0.5, 0.6) is 0 Å². The first-order valence-electron chi connectivity index (χ1n) is 7.40. The van der Waals surface area contributed by atoms with Gasteiger partial charge in [0, 0.05) is 16.2 Å². The highest BCUT2D eigenvalue weighted by Gasteiger charge is 2.21. The molecule has 1 aliphatic rings. The number of benzene rings is 1. The van der Waals surface area contributed by atoms with Crippen molar-refractivity contribution in [1.29, 1.82) is 0 Å². The molecule has 0 saturated heterocycles. The van der Waals surface area contributed by atoms with Gasteiger partial charge in [-0.3, -0.25) is 0 Å². The summed E-state index contributed by atoms with van der Waals surface area (Å²) >= 11 is 1.75. The van der Waals surface area contributed by atoms with Crippen LogP contribution in [0.4, 0.5) is 4.39 Å². The summed E-state index contributed by atoms with van der Waals surface area (Å²) in [5, 5.41) is 4.07. The van der Waals surface area contributed by atoms with Crippen molar-refractivity contribution in [2.75, 3.05) is 6.54 Å². The third-order valence-electron chi connectivity index (χ3n) is 3.75. The molecule has 1 nitrogen and oxygen atoms in total. The van der Waals surface area contributed by atoms with E-state index >= 15 is 0 Å². The average Bonchev–Trinajstić information content (AvgIpc) is 2.91. The molecular formula is C16H24FNS. The SMILES string of the molecule is CCCNC(C)c1cccc(F)c1SC1CCCC1. The fourth-order valence-corrected chi connectivity index (χ4v) is 4.10. The monoisotopic (exact) mass is 281 g/mol. The lowest BCUT2D eigenvalue weighted by Gasteiger charge is -2.19. The van der Waals surface area contributed by atoms with E-state index in [0.29, 0.717) is 5.25 Å². The first kappa shape index (κ1) is 14.9. The lowest BCUT2D eigenvalue weighted by Crippen LogP contribution is -2.20. The van der Waals surface area contributed by atoms with Crippen LogP contribution in [0.2, 0.25) is 0 Å². The Balaban J connectivity index is 2.14. The predicted octanol–water partition coefficient (Wildman–Crippen LogP) is 4.92. The lowest BCUT2D eigenvalue weighted by atomic mass is 10.1. The zero-order chi connectivity index (χ0) is 13.7. The molecule has 0 aliphatic heterocycles. The van der Waals surface area contributed by atoms with E-state index < -0.39 is 0 Å². The van der Waals surface area contributed by atoms with Gasteiger partial charge in [-0.1, -0.05) is 31.9 Å². The predicted molar refractivity (Wildman–Crippen MR) is 81.2 cm³/mol. The molecule has 2 rings (SSSR count). The van der Waals surface area contributed by atoms with Crippen LogP contribution in [0.1, 0.15) is 57.6 Å². The Kier molecular flexibility index (Phi) is 5.71. The summed E-state index contributed by atoms with van der Waals surface area (Å²) in [5.74, 6) is -0.0560. The Morgan fingerprint density at radius 3 is 2.79 bits per heavy atom. The largest absolute Gasteiger partial charge is 0.310 e. The molecule has 1 unspecified atom stereocenters. The van der Waals surface area contributed by atoms with Gasteiger partial charge in [0.25, 0.3) is 0 Å². The summed E-state index contributed by atoms with van der Waals surface area (Å²) in [7, 11) is 0. The summed E-state index contributed by atoms with van der Waals surface area (Å²) in [6.45, 7) is 5.26. The van der Waals surface area contributed by atoms with Gasteiger partial charge in [-0.05, 0) is 44.4 Å². The normalized spacial score (nSPS) is 17.8. The van der Waals surface area contributed by atoms with Crippen molar-refractivity contribution in [2.45, 2.75) is 62.1 Å². The molecule has 0 aromatic heterocycles. The Morgan fingerprint density at radius 1 is 1.37 bits per heavy atom. The van der Waals surface area contributed by atoms with Crippen molar-refractivity contribution in [3.63, 3.8) is 0 Å². The minimum atomic E-state index is -0.0560. The number of thioether (sulfide) groups is 1. The molecule has 3 heteroatoms. The van der Waals surface area contributed by atoms with Gasteiger partial charge in [0.05, 0.1) is 0 Å². The Morgan fingerprint density at radius 2 is 2.11 bits per heavy atom. The molecular weight excluding hydrogens is 257 g/mol. The van der Waals surface area contributed by atoms with Crippen molar-refractivity contribution in [2.24, 2.45) is 0 Å². The second kappa shape index (κ2) is 7.30. The van der Waals surface area contributed by atoms with E-state index in [1.54, 1.807) is 17.8 Å². The molecule has 0 heterocycles. The number of hydrogen-bond donors (Lipinski definition) is 1. The fraction of sp³-hybridized carbons (Fsp3) is 0.625. The number of rotatable bonds is 6. The minimum absolute atomic E-state index is 0.0560. The average molecular weight is 281 g/mol. The molecule has 1 N–H and O–H groups in total. The molecule has 0 radical (unpaired) electrons. The van der Waals surface area contributed by atoms with Gasteiger partial charge in [0.1, 0.15) is 5.82 Å². The third-order valence-corrected chi connectivity index (χ3v) is 5.22. The Bertz CT molecular complexity index is 402. The first-order valence-corrected chi connectivity index (χ1v) is 8.28. The van der Waals surface area contributed by atoms with Crippen LogP contribution in [0.15, 0.2) is 23.1 Å². The second-order valence-electron chi connectivity index (χ2n) is 5.36. The summed E-state index contributed by atoms with van der Waals surface area (Å²) in [5.41, 5.74) is 1.12. The highest BCUT2D eigenvalue weighted by atomic mass is 32.2. The highest BCUT2D eigenvalue weighted by Crippen LogP contribution is 2.39. The van der Waals surface area contributed by atoms with E-state index in [9.17, 15) is 4.39 Å². The summed E-state index contributed by atoms with van der Waals surface area (Å²) in [6, 6.07) is 5.70. The number of nitrogens with one attached hydrogen (secondary N) is 1. The maximum Gasteiger partial charge on any atom is 0.137 e. The van der Waals surface area contributed by atoms with Crippen molar-refractivity contribution < 1.29 is 4.39 Å². The zero-order valence-corrected chi connectivity index (χ0v) is 12.7. The van der Waals surface area contributed by atoms with E-state index in [1.807, 2.05) is 6.07 Å². The standard InChI is InChI=1S/C16H24FNS/c1-3-11-18-12(2)14-9-6-10-15(17)16(14)19-13-7-4-5-8-13/h6,9-10,12-13,18H,3-5,7-8,11H2,1-2H3. The lowest BCUT2D eigenvalue weighted by molar-refractivity contribution is 0.543. The molecule has 1 aromatic rings. The second-order valence-corrected chi connectivity index (χ2v) is 6.67. The van der Waals surface area contributed by atoms with Crippen LogP contribution >= 0.6 is 11.8 Å². The maximum absolute atomic E-state index is 14.1. The van der Waals surface area contributed by atoms with Crippen LogP contribution in [0.25, 0.3) is 0 Å². The fourth-order valence-electron chi connectivity index (χ4n) is 2.63. The van der Waals surface area contributed by atoms with Crippen molar-refractivity contribution >= 4 is 11.8 Å². The molecule has 19 heavy (non-hydrogen) atoms. The van der Waals surface area contributed by atoms with Crippen LogP contribution in [0, 0.1) is 5.82 Å². The highest BCUT2D eigenvalue weighted by molar-refractivity contribution is 8.00. The first-order chi connectivity index (χ1) is 9.22. The van der Waals surface area contributed by atoms with E-state index in [4.69, 9.17) is 0 Å². The van der Waals surface area contributed by atoms with Crippen LogP contribution in [-0.4, -0.2) is 11.8 Å². The summed E-state index contributed by atoms with van der Waals surface area (Å²) < 4.78 is 14.1. The van der Waals surface area contributed by atoms with Gasteiger partial charge in [-0.15, -0.1) is 11.8 Å². The van der Waals surface area contributed by atoms with Crippen molar-refractivity contribution in [1.82, 2.24) is 5.32 Å². The molecule has 0 amide bonds. The van der Waals surface area contributed by atoms with E-state index in [2.05, 4.69) is 25.2 Å². The molecule has 1 aromatic carbocycles. The Hall–Kier alpha value is -0.540. The molecule has 1 aliphatic carbocycles. The topological polar surface area (TPSA) is 12.0 Å². The molecule has 0 spiro atoms. The van der Waals surface area contributed by atoms with Crippen LogP contribution in [0.3, 0.4) is 0 Å². The zero-order valence-electron chi connectivity index (χ0n) is 11.9. The third kappa shape index (κ3) is 3.96. The van der Waals surface area contributed by atoms with E-state index in [-0.39, 0.29) is 11.9 Å². The Labute approximate surface area is 120 Å². The molecule has 0 bridgehead atoms. The van der Waals surface area contributed by atoms with E-state index in [0.717, 1.165) is 23.4 Å². The van der Waals surface area contributed by atoms with Gasteiger partial charge in [0.2, 0.25) is 0 Å². The van der Waals surface area contributed by atoms with Gasteiger partial charge in [-0.25, -0.2) is 4.39 Å². The number of hydrogen-bond acceptors (Lipinski definition) is 2. The molecule has 106 valence electrons. The smallest absolute Gasteiger partial charge is 0.137 e. The van der Waals surface area contributed by atoms with Crippen molar-refractivity contribution in [3.8, 4) is 0 Å². The van der Waals surface area contributed by atoms with Crippen LogP contribution in [-0.2, 0) is 0 Å². The summed E-state index contributed by atoms with van der Waals surface area (Å²) in [4.78, 5) is 0.866. The van der Waals surface area contributed by atoms with Gasteiger partial charge in [0.15, 0.2) is 0 Å². The maximum atomic E-state index is 14.1. The molecule has 1 atom stereocenters. The minimum Gasteiger partial charge on any atom is -0.310 e. The van der Waals surface area contributed by atoms with Gasteiger partial charge < -0.3 is 5.32 Å².